The van der Waals surface area contributed by atoms with Gasteiger partial charge in [-0.3, -0.25) is 4.79 Å². The number of nitrogens with zero attached hydrogens (tertiary/aromatic N) is 2. The smallest absolute Gasteiger partial charge is 0.244 e. The molecular formula is C22H21N3O3. The molecule has 1 aliphatic heterocycles. The first-order valence-electron chi connectivity index (χ1n) is 9.21. The van der Waals surface area contributed by atoms with Crippen molar-refractivity contribution in [3.8, 4) is 17.2 Å². The number of carbonyl (C=O) groups excluding carboxylic acids is 1. The number of imidazole rings is 1. The van der Waals surface area contributed by atoms with Crippen molar-refractivity contribution >= 4 is 12.0 Å². The molecule has 0 bridgehead atoms. The summed E-state index contributed by atoms with van der Waals surface area (Å²) in [5.41, 5.74) is 3.11. The lowest BCUT2D eigenvalue weighted by molar-refractivity contribution is -0.116. The van der Waals surface area contributed by atoms with Crippen molar-refractivity contribution in [2.24, 2.45) is 0 Å². The second-order valence-corrected chi connectivity index (χ2v) is 6.38. The van der Waals surface area contributed by atoms with E-state index >= 15 is 0 Å². The lowest BCUT2D eigenvalue weighted by Crippen LogP contribution is -2.23. The van der Waals surface area contributed by atoms with E-state index < -0.39 is 0 Å². The van der Waals surface area contributed by atoms with Crippen molar-refractivity contribution in [3.05, 3.63) is 78.4 Å². The Morgan fingerprint density at radius 1 is 1.14 bits per heavy atom. The molecule has 0 unspecified atom stereocenters. The molecule has 142 valence electrons. The number of ether oxygens (including phenoxy) is 2. The maximum Gasteiger partial charge on any atom is 0.244 e. The monoisotopic (exact) mass is 375 g/mol. The SMILES string of the molecule is O=C(/C=C/c1ccc2c(c1)OCCO2)NCCc1ccccc1-n1ccnc1. The van der Waals surface area contributed by atoms with Gasteiger partial charge in [0.2, 0.25) is 5.91 Å². The van der Waals surface area contributed by atoms with Crippen LogP contribution in [0.15, 0.2) is 67.3 Å². The van der Waals surface area contributed by atoms with E-state index in [2.05, 4.69) is 16.4 Å². The number of nitrogens with one attached hydrogen (secondary N) is 1. The lowest BCUT2D eigenvalue weighted by Gasteiger charge is -2.18. The lowest BCUT2D eigenvalue weighted by atomic mass is 10.1. The van der Waals surface area contributed by atoms with Gasteiger partial charge in [-0.15, -0.1) is 0 Å². The molecule has 0 atom stereocenters. The first-order valence-corrected chi connectivity index (χ1v) is 9.21. The third-order valence-electron chi connectivity index (χ3n) is 4.46. The number of hydrogen-bond acceptors (Lipinski definition) is 4. The summed E-state index contributed by atoms with van der Waals surface area (Å²) in [7, 11) is 0. The third-order valence-corrected chi connectivity index (χ3v) is 4.46. The van der Waals surface area contributed by atoms with Crippen LogP contribution < -0.4 is 14.8 Å². The van der Waals surface area contributed by atoms with E-state index in [1.165, 1.54) is 6.08 Å². The van der Waals surface area contributed by atoms with Gasteiger partial charge in [-0.25, -0.2) is 4.98 Å². The number of para-hydroxylation sites is 1. The standard InChI is InChI=1S/C22H21N3O3/c26-22(8-6-17-5-7-20-21(15-17)28-14-13-27-20)24-10-9-18-3-1-2-4-19(18)25-12-11-23-16-25/h1-8,11-12,15-16H,9-10,13-14H2,(H,24,26)/b8-6+. The van der Waals surface area contributed by atoms with Crippen LogP contribution in [0, 0.1) is 0 Å². The summed E-state index contributed by atoms with van der Waals surface area (Å²) in [4.78, 5) is 16.2. The van der Waals surface area contributed by atoms with Gasteiger partial charge in [-0.1, -0.05) is 24.3 Å². The van der Waals surface area contributed by atoms with Gasteiger partial charge in [0.05, 0.1) is 6.33 Å². The zero-order chi connectivity index (χ0) is 19.2. The van der Waals surface area contributed by atoms with Gasteiger partial charge in [0.25, 0.3) is 0 Å². The summed E-state index contributed by atoms with van der Waals surface area (Å²) in [6.45, 7) is 1.66. The van der Waals surface area contributed by atoms with E-state index in [1.54, 1.807) is 18.6 Å². The molecule has 1 amide bonds. The van der Waals surface area contributed by atoms with Gasteiger partial charge in [0, 0.05) is 30.7 Å². The van der Waals surface area contributed by atoms with Gasteiger partial charge >= 0.3 is 0 Å². The van der Waals surface area contributed by atoms with E-state index in [9.17, 15) is 4.79 Å². The summed E-state index contributed by atoms with van der Waals surface area (Å²) in [6.07, 6.45) is 9.47. The summed E-state index contributed by atoms with van der Waals surface area (Å²) in [5.74, 6) is 1.32. The van der Waals surface area contributed by atoms with Crippen LogP contribution in [-0.4, -0.2) is 35.2 Å². The molecule has 4 rings (SSSR count). The number of amides is 1. The van der Waals surface area contributed by atoms with Crippen LogP contribution in [0.4, 0.5) is 0 Å². The molecule has 6 heteroatoms. The van der Waals surface area contributed by atoms with Crippen LogP contribution >= 0.6 is 0 Å². The van der Waals surface area contributed by atoms with Crippen LogP contribution in [0.2, 0.25) is 0 Å². The second-order valence-electron chi connectivity index (χ2n) is 6.38. The highest BCUT2D eigenvalue weighted by atomic mass is 16.6. The van der Waals surface area contributed by atoms with Gasteiger partial charge in [-0.05, 0) is 41.8 Å². The number of hydrogen-bond donors (Lipinski definition) is 1. The van der Waals surface area contributed by atoms with Crippen LogP contribution in [0.25, 0.3) is 11.8 Å². The Hall–Kier alpha value is -3.54. The molecule has 2 heterocycles. The van der Waals surface area contributed by atoms with E-state index in [4.69, 9.17) is 9.47 Å². The normalized spacial score (nSPS) is 12.9. The quantitative estimate of drug-likeness (QED) is 0.673. The Morgan fingerprint density at radius 2 is 2.00 bits per heavy atom. The zero-order valence-electron chi connectivity index (χ0n) is 15.4. The average Bonchev–Trinajstić information content (AvgIpc) is 3.27. The minimum Gasteiger partial charge on any atom is -0.486 e. The number of aromatic nitrogens is 2. The molecule has 0 spiro atoms. The summed E-state index contributed by atoms with van der Waals surface area (Å²) in [5, 5.41) is 2.93. The Labute approximate surface area is 163 Å². The van der Waals surface area contributed by atoms with Gasteiger partial charge in [0.15, 0.2) is 11.5 Å². The molecular weight excluding hydrogens is 354 g/mol. The highest BCUT2D eigenvalue weighted by Gasteiger charge is 2.11. The van der Waals surface area contributed by atoms with Gasteiger partial charge < -0.3 is 19.4 Å². The highest BCUT2D eigenvalue weighted by molar-refractivity contribution is 5.91. The van der Waals surface area contributed by atoms with E-state index in [-0.39, 0.29) is 5.91 Å². The number of rotatable bonds is 6. The Balaban J connectivity index is 1.33. The molecule has 0 fully saturated rings. The summed E-state index contributed by atoms with van der Waals surface area (Å²) >= 11 is 0. The van der Waals surface area contributed by atoms with Crippen molar-refractivity contribution in [2.45, 2.75) is 6.42 Å². The van der Waals surface area contributed by atoms with E-state index in [1.807, 2.05) is 47.2 Å². The molecule has 0 aliphatic carbocycles. The van der Waals surface area contributed by atoms with Crippen molar-refractivity contribution in [3.63, 3.8) is 0 Å². The molecule has 1 N–H and O–H groups in total. The second kappa shape index (κ2) is 8.43. The molecule has 2 aromatic carbocycles. The van der Waals surface area contributed by atoms with Crippen molar-refractivity contribution in [2.75, 3.05) is 19.8 Å². The molecule has 0 saturated heterocycles. The molecule has 6 nitrogen and oxygen atoms in total. The molecule has 0 saturated carbocycles. The maximum absolute atomic E-state index is 12.1. The topological polar surface area (TPSA) is 65.4 Å². The molecule has 1 aliphatic rings. The van der Waals surface area contributed by atoms with Crippen LogP contribution in [0.1, 0.15) is 11.1 Å². The fraction of sp³-hybridized carbons (Fsp3) is 0.182. The number of carbonyl (C=O) groups is 1. The predicted molar refractivity (Wildman–Crippen MR) is 107 cm³/mol. The first kappa shape index (κ1) is 17.9. The van der Waals surface area contributed by atoms with Crippen molar-refractivity contribution in [1.82, 2.24) is 14.9 Å². The minimum absolute atomic E-state index is 0.130. The molecule has 28 heavy (non-hydrogen) atoms. The molecule has 1 aromatic heterocycles. The van der Waals surface area contributed by atoms with Crippen LogP contribution in [0.5, 0.6) is 11.5 Å². The first-order chi connectivity index (χ1) is 13.8. The molecule has 3 aromatic rings. The van der Waals surface area contributed by atoms with Crippen molar-refractivity contribution in [1.29, 1.82) is 0 Å². The summed E-state index contributed by atoms with van der Waals surface area (Å²) < 4.78 is 13.0. The van der Waals surface area contributed by atoms with Crippen molar-refractivity contribution < 1.29 is 14.3 Å². The fourth-order valence-corrected chi connectivity index (χ4v) is 3.09. The van der Waals surface area contributed by atoms with E-state index in [0.29, 0.717) is 25.5 Å². The number of benzene rings is 2. The highest BCUT2D eigenvalue weighted by Crippen LogP contribution is 2.31. The maximum atomic E-state index is 12.1. The zero-order valence-corrected chi connectivity index (χ0v) is 15.4. The van der Waals surface area contributed by atoms with Crippen LogP contribution in [-0.2, 0) is 11.2 Å². The predicted octanol–water partition coefficient (Wildman–Crippen LogP) is 3.02. The Bertz CT molecular complexity index is 980. The summed E-state index contributed by atoms with van der Waals surface area (Å²) in [6, 6.07) is 13.7. The largest absolute Gasteiger partial charge is 0.486 e. The van der Waals surface area contributed by atoms with Crippen LogP contribution in [0.3, 0.4) is 0 Å². The van der Waals surface area contributed by atoms with Gasteiger partial charge in [-0.2, -0.15) is 0 Å². The Kier molecular flexibility index (Phi) is 5.38. The fourth-order valence-electron chi connectivity index (χ4n) is 3.09. The van der Waals surface area contributed by atoms with E-state index in [0.717, 1.165) is 29.0 Å². The number of fused-ring (bicyclic) bond motifs is 1. The Morgan fingerprint density at radius 3 is 2.86 bits per heavy atom. The third kappa shape index (κ3) is 4.23. The minimum atomic E-state index is -0.130. The average molecular weight is 375 g/mol. The van der Waals surface area contributed by atoms with Gasteiger partial charge in [0.1, 0.15) is 13.2 Å². The molecule has 0 radical (unpaired) electrons.